The van der Waals surface area contributed by atoms with Gasteiger partial charge in [-0.05, 0) is 26.7 Å². The molecule has 0 aromatic carbocycles. The number of rotatable bonds is 9. The molecule has 0 aromatic heterocycles. The van der Waals surface area contributed by atoms with E-state index >= 15 is 0 Å². The van der Waals surface area contributed by atoms with Crippen LogP contribution in [-0.4, -0.2) is 49.8 Å². The van der Waals surface area contributed by atoms with Crippen molar-refractivity contribution in [2.24, 2.45) is 5.92 Å². The van der Waals surface area contributed by atoms with Crippen molar-refractivity contribution in [3.8, 4) is 0 Å². The van der Waals surface area contributed by atoms with Gasteiger partial charge in [-0.2, -0.15) is 0 Å². The lowest BCUT2D eigenvalue weighted by atomic mass is 10.00. The summed E-state index contributed by atoms with van der Waals surface area (Å²) >= 11 is 0. The van der Waals surface area contributed by atoms with Crippen molar-refractivity contribution in [1.82, 2.24) is 10.2 Å². The van der Waals surface area contributed by atoms with Crippen LogP contribution in [0.3, 0.4) is 0 Å². The third kappa shape index (κ3) is 7.85. The number of methoxy groups -OCH3 is 1. The minimum absolute atomic E-state index is 0.161. The van der Waals surface area contributed by atoms with Gasteiger partial charge in [-0.3, -0.25) is 4.90 Å². The Bertz CT molecular complexity index is 221. The lowest BCUT2D eigenvalue weighted by Crippen LogP contribution is -2.50. The van der Waals surface area contributed by atoms with E-state index in [0.29, 0.717) is 12.0 Å². The first-order valence-electron chi connectivity index (χ1n) is 6.90. The molecule has 0 fully saturated rings. The highest BCUT2D eigenvalue weighted by Crippen LogP contribution is 2.12. The molecule has 0 aliphatic rings. The average Bonchev–Trinajstić information content (AvgIpc) is 2.23. The van der Waals surface area contributed by atoms with Gasteiger partial charge < -0.3 is 10.1 Å². The van der Waals surface area contributed by atoms with Gasteiger partial charge in [0.25, 0.3) is 0 Å². The summed E-state index contributed by atoms with van der Waals surface area (Å²) in [6, 6.07) is 0.511. The zero-order chi connectivity index (χ0) is 14.2. The molecule has 0 amide bonds. The van der Waals surface area contributed by atoms with Crippen LogP contribution in [0.1, 0.15) is 34.6 Å². The average molecular weight is 256 g/mol. The van der Waals surface area contributed by atoms with Gasteiger partial charge in [0, 0.05) is 38.3 Å². The van der Waals surface area contributed by atoms with Crippen molar-refractivity contribution in [1.29, 1.82) is 0 Å². The summed E-state index contributed by atoms with van der Waals surface area (Å²) < 4.78 is 5.20. The van der Waals surface area contributed by atoms with Gasteiger partial charge in [0.2, 0.25) is 0 Å². The van der Waals surface area contributed by atoms with Crippen molar-refractivity contribution in [3.63, 3.8) is 0 Å². The molecule has 1 unspecified atom stereocenters. The molecule has 3 heteroatoms. The molecule has 18 heavy (non-hydrogen) atoms. The van der Waals surface area contributed by atoms with E-state index in [2.05, 4.69) is 51.4 Å². The molecule has 1 N–H and O–H groups in total. The van der Waals surface area contributed by atoms with Crippen molar-refractivity contribution in [2.45, 2.75) is 46.2 Å². The van der Waals surface area contributed by atoms with Crippen LogP contribution < -0.4 is 5.32 Å². The standard InChI is InChI=1S/C15H32N2O/c1-8-9-17(10-11-18-7)14(13(2)3)12-16-15(4,5)6/h8,13-14,16H,1,9-12H2,2-7H3. The highest BCUT2D eigenvalue weighted by atomic mass is 16.5. The molecule has 0 aliphatic carbocycles. The first-order chi connectivity index (χ1) is 8.31. The highest BCUT2D eigenvalue weighted by Gasteiger charge is 2.22. The quantitative estimate of drug-likeness (QED) is 0.642. The Morgan fingerprint density at radius 2 is 1.94 bits per heavy atom. The maximum absolute atomic E-state index is 5.20. The Morgan fingerprint density at radius 1 is 1.33 bits per heavy atom. The third-order valence-electron chi connectivity index (χ3n) is 3.03. The van der Waals surface area contributed by atoms with Crippen LogP contribution in [0.15, 0.2) is 12.7 Å². The summed E-state index contributed by atoms with van der Waals surface area (Å²) in [6.45, 7) is 18.7. The molecule has 0 rings (SSSR count). The maximum Gasteiger partial charge on any atom is 0.0589 e. The first kappa shape index (κ1) is 17.6. The Labute approximate surface area is 114 Å². The van der Waals surface area contributed by atoms with E-state index in [1.54, 1.807) is 7.11 Å². The number of hydrogen-bond donors (Lipinski definition) is 1. The maximum atomic E-state index is 5.20. The second-order valence-electron chi connectivity index (χ2n) is 6.22. The molecule has 0 spiro atoms. The van der Waals surface area contributed by atoms with Crippen molar-refractivity contribution in [2.75, 3.05) is 33.4 Å². The topological polar surface area (TPSA) is 24.5 Å². The number of nitrogens with one attached hydrogen (secondary N) is 1. The van der Waals surface area contributed by atoms with Gasteiger partial charge >= 0.3 is 0 Å². The smallest absolute Gasteiger partial charge is 0.0589 e. The molecular weight excluding hydrogens is 224 g/mol. The van der Waals surface area contributed by atoms with Crippen molar-refractivity contribution >= 4 is 0 Å². The molecule has 0 radical (unpaired) electrons. The molecule has 0 saturated heterocycles. The van der Waals surface area contributed by atoms with Crippen molar-refractivity contribution in [3.05, 3.63) is 12.7 Å². The summed E-state index contributed by atoms with van der Waals surface area (Å²) in [5.41, 5.74) is 0.161. The Balaban J connectivity index is 4.53. The first-order valence-corrected chi connectivity index (χ1v) is 6.90. The minimum Gasteiger partial charge on any atom is -0.383 e. The second kappa shape index (κ2) is 8.68. The molecule has 3 nitrogen and oxygen atoms in total. The van der Waals surface area contributed by atoms with Gasteiger partial charge in [0.1, 0.15) is 0 Å². The molecular formula is C15H32N2O. The third-order valence-corrected chi connectivity index (χ3v) is 3.03. The zero-order valence-corrected chi connectivity index (χ0v) is 13.1. The molecule has 1 atom stereocenters. The van der Waals surface area contributed by atoms with E-state index < -0.39 is 0 Å². The van der Waals surface area contributed by atoms with Gasteiger partial charge in [0.15, 0.2) is 0 Å². The second-order valence-corrected chi connectivity index (χ2v) is 6.22. The molecule has 0 bridgehead atoms. The number of ether oxygens (including phenoxy) is 1. The van der Waals surface area contributed by atoms with Crippen LogP contribution >= 0.6 is 0 Å². The molecule has 0 aliphatic heterocycles. The van der Waals surface area contributed by atoms with Gasteiger partial charge in [-0.25, -0.2) is 0 Å². The highest BCUT2D eigenvalue weighted by molar-refractivity contribution is 4.85. The predicted molar refractivity (Wildman–Crippen MR) is 80.0 cm³/mol. The van der Waals surface area contributed by atoms with E-state index in [-0.39, 0.29) is 5.54 Å². The van der Waals surface area contributed by atoms with Crippen LogP contribution in [0.2, 0.25) is 0 Å². The monoisotopic (exact) mass is 256 g/mol. The molecule has 108 valence electrons. The van der Waals surface area contributed by atoms with E-state index in [0.717, 1.165) is 26.2 Å². The molecule has 0 aromatic rings. The van der Waals surface area contributed by atoms with Gasteiger partial charge in [-0.1, -0.05) is 19.9 Å². The summed E-state index contributed by atoms with van der Waals surface area (Å²) in [5.74, 6) is 0.608. The largest absolute Gasteiger partial charge is 0.383 e. The normalized spacial score (nSPS) is 14.2. The lowest BCUT2D eigenvalue weighted by Gasteiger charge is -2.36. The summed E-state index contributed by atoms with van der Waals surface area (Å²) in [7, 11) is 1.75. The number of nitrogens with zero attached hydrogens (tertiary/aromatic N) is 1. The fourth-order valence-electron chi connectivity index (χ4n) is 1.96. The lowest BCUT2D eigenvalue weighted by molar-refractivity contribution is 0.105. The Hall–Kier alpha value is -0.380. The summed E-state index contributed by atoms with van der Waals surface area (Å²) in [5, 5.41) is 3.60. The molecule has 0 heterocycles. The Kier molecular flexibility index (Phi) is 8.49. The Morgan fingerprint density at radius 3 is 2.33 bits per heavy atom. The fourth-order valence-corrected chi connectivity index (χ4v) is 1.96. The fraction of sp³-hybridized carbons (Fsp3) is 0.867. The van der Waals surface area contributed by atoms with Gasteiger partial charge in [-0.15, -0.1) is 6.58 Å². The minimum atomic E-state index is 0.161. The number of hydrogen-bond acceptors (Lipinski definition) is 3. The van der Waals surface area contributed by atoms with Crippen LogP contribution in [0, 0.1) is 5.92 Å². The van der Waals surface area contributed by atoms with Crippen LogP contribution in [0.4, 0.5) is 0 Å². The van der Waals surface area contributed by atoms with E-state index in [1.807, 2.05) is 6.08 Å². The van der Waals surface area contributed by atoms with Crippen LogP contribution in [0.25, 0.3) is 0 Å². The van der Waals surface area contributed by atoms with Crippen LogP contribution in [-0.2, 0) is 4.74 Å². The predicted octanol–water partition coefficient (Wildman–Crippen LogP) is 2.53. The van der Waals surface area contributed by atoms with E-state index in [1.165, 1.54) is 0 Å². The van der Waals surface area contributed by atoms with E-state index in [4.69, 9.17) is 4.74 Å². The van der Waals surface area contributed by atoms with Crippen molar-refractivity contribution < 1.29 is 4.74 Å². The van der Waals surface area contributed by atoms with Gasteiger partial charge in [0.05, 0.1) is 6.61 Å². The van der Waals surface area contributed by atoms with E-state index in [9.17, 15) is 0 Å². The van der Waals surface area contributed by atoms with Crippen LogP contribution in [0.5, 0.6) is 0 Å². The summed E-state index contributed by atoms with van der Waals surface area (Å²) in [6.07, 6.45) is 1.97. The summed E-state index contributed by atoms with van der Waals surface area (Å²) in [4.78, 5) is 2.44. The zero-order valence-electron chi connectivity index (χ0n) is 13.1. The molecule has 0 saturated carbocycles. The SMILES string of the molecule is C=CCN(CCOC)C(CNC(C)(C)C)C(C)C.